The Balaban J connectivity index is 1.43. The van der Waals surface area contributed by atoms with Crippen LogP contribution in [0.25, 0.3) is 0 Å². The summed E-state index contributed by atoms with van der Waals surface area (Å²) in [7, 11) is 0. The maximum absolute atomic E-state index is 12.8. The summed E-state index contributed by atoms with van der Waals surface area (Å²) in [4.78, 5) is 28.4. The number of rotatable bonds is 4. The highest BCUT2D eigenvalue weighted by atomic mass is 16.4. The third-order valence-corrected chi connectivity index (χ3v) is 6.28. The van der Waals surface area contributed by atoms with Crippen molar-refractivity contribution in [1.29, 1.82) is 0 Å². The minimum atomic E-state index is -0.728. The molecule has 134 valence electrons. The normalized spacial score (nSPS) is 28.6. The van der Waals surface area contributed by atoms with E-state index in [4.69, 9.17) is 0 Å². The Morgan fingerprint density at radius 3 is 2.80 bits per heavy atom. The van der Waals surface area contributed by atoms with Gasteiger partial charge in [-0.3, -0.25) is 14.5 Å². The molecule has 1 aliphatic carbocycles. The fourth-order valence-electron chi connectivity index (χ4n) is 5.07. The molecule has 3 aliphatic rings. The van der Waals surface area contributed by atoms with Crippen molar-refractivity contribution in [2.75, 3.05) is 18.0 Å². The Kier molecular flexibility index (Phi) is 4.50. The fraction of sp³-hybridized carbons (Fsp3) is 0.600. The van der Waals surface area contributed by atoms with Crippen LogP contribution < -0.4 is 4.90 Å². The summed E-state index contributed by atoms with van der Waals surface area (Å²) < 4.78 is 0. The van der Waals surface area contributed by atoms with Gasteiger partial charge in [-0.1, -0.05) is 31.0 Å². The van der Waals surface area contributed by atoms with Crippen LogP contribution in [0.1, 0.15) is 44.1 Å². The van der Waals surface area contributed by atoms with Gasteiger partial charge in [-0.2, -0.15) is 0 Å². The van der Waals surface area contributed by atoms with Gasteiger partial charge < -0.3 is 10.0 Å². The van der Waals surface area contributed by atoms with Gasteiger partial charge in [0.25, 0.3) is 0 Å². The lowest BCUT2D eigenvalue weighted by molar-refractivity contribution is -0.143. The number of likely N-dealkylation sites (tertiary alicyclic amines) is 1. The zero-order valence-electron chi connectivity index (χ0n) is 14.6. The zero-order valence-corrected chi connectivity index (χ0v) is 14.6. The van der Waals surface area contributed by atoms with Crippen molar-refractivity contribution in [3.8, 4) is 0 Å². The monoisotopic (exact) mass is 342 g/mol. The second-order valence-corrected chi connectivity index (χ2v) is 7.61. The van der Waals surface area contributed by atoms with E-state index in [1.54, 1.807) is 0 Å². The molecule has 2 aliphatic heterocycles. The summed E-state index contributed by atoms with van der Waals surface area (Å²) in [5.74, 6) is -0.112. The molecule has 2 fully saturated rings. The summed E-state index contributed by atoms with van der Waals surface area (Å²) in [5, 5.41) is 9.60. The number of carbonyl (C=O) groups is 2. The van der Waals surface area contributed by atoms with Crippen LogP contribution >= 0.6 is 0 Å². The molecular formula is C20H26N2O3. The van der Waals surface area contributed by atoms with E-state index in [0.29, 0.717) is 24.9 Å². The molecule has 5 heteroatoms. The van der Waals surface area contributed by atoms with Gasteiger partial charge in [0.1, 0.15) is 6.04 Å². The molecule has 1 amide bonds. The quantitative estimate of drug-likeness (QED) is 0.914. The molecule has 2 heterocycles. The predicted molar refractivity (Wildman–Crippen MR) is 95.6 cm³/mol. The summed E-state index contributed by atoms with van der Waals surface area (Å²) in [6.45, 7) is 1.31. The molecule has 1 aromatic carbocycles. The maximum Gasteiger partial charge on any atom is 0.320 e. The van der Waals surface area contributed by atoms with Crippen LogP contribution in [-0.2, 0) is 16.0 Å². The number of hydrogen-bond acceptors (Lipinski definition) is 3. The minimum Gasteiger partial charge on any atom is -0.480 e. The van der Waals surface area contributed by atoms with E-state index < -0.39 is 12.0 Å². The molecule has 25 heavy (non-hydrogen) atoms. The van der Waals surface area contributed by atoms with E-state index in [0.717, 1.165) is 37.9 Å². The lowest BCUT2D eigenvalue weighted by atomic mass is 9.85. The average Bonchev–Trinajstić information content (AvgIpc) is 3.21. The molecule has 0 aromatic heterocycles. The third-order valence-electron chi connectivity index (χ3n) is 6.28. The molecule has 4 rings (SSSR count). The van der Waals surface area contributed by atoms with Crippen molar-refractivity contribution in [3.05, 3.63) is 29.8 Å². The molecule has 3 atom stereocenters. The lowest BCUT2D eigenvalue weighted by Gasteiger charge is -2.33. The number of carboxylic acids is 1. The van der Waals surface area contributed by atoms with E-state index in [1.165, 1.54) is 18.4 Å². The van der Waals surface area contributed by atoms with Crippen LogP contribution in [0.2, 0.25) is 0 Å². The van der Waals surface area contributed by atoms with Gasteiger partial charge in [0.15, 0.2) is 0 Å². The molecule has 5 nitrogen and oxygen atoms in total. The second-order valence-electron chi connectivity index (χ2n) is 7.61. The molecule has 0 bridgehead atoms. The van der Waals surface area contributed by atoms with Crippen molar-refractivity contribution in [2.45, 2.75) is 57.0 Å². The van der Waals surface area contributed by atoms with Crippen molar-refractivity contribution < 1.29 is 14.7 Å². The summed E-state index contributed by atoms with van der Waals surface area (Å²) in [6.07, 6.45) is 6.67. The number of nitrogens with zero attached hydrogens (tertiary/aromatic N) is 2. The molecule has 1 N–H and O–H groups in total. The Morgan fingerprint density at radius 2 is 1.96 bits per heavy atom. The van der Waals surface area contributed by atoms with Crippen LogP contribution in [0.4, 0.5) is 5.69 Å². The first-order valence-electron chi connectivity index (χ1n) is 9.52. The molecule has 1 aromatic rings. The molecule has 0 radical (unpaired) electrons. The van der Waals surface area contributed by atoms with Gasteiger partial charge in [0.05, 0.1) is 0 Å². The van der Waals surface area contributed by atoms with Crippen LogP contribution in [0.15, 0.2) is 24.3 Å². The van der Waals surface area contributed by atoms with Crippen molar-refractivity contribution in [3.63, 3.8) is 0 Å². The molecular weight excluding hydrogens is 316 g/mol. The number of para-hydroxylation sites is 1. The summed E-state index contributed by atoms with van der Waals surface area (Å²) in [5.41, 5.74) is 2.26. The first-order chi connectivity index (χ1) is 12.1. The van der Waals surface area contributed by atoms with Crippen molar-refractivity contribution in [2.24, 2.45) is 5.92 Å². The smallest absolute Gasteiger partial charge is 0.320 e. The molecule has 1 saturated heterocycles. The van der Waals surface area contributed by atoms with E-state index in [-0.39, 0.29) is 5.91 Å². The molecule has 0 spiro atoms. The van der Waals surface area contributed by atoms with Crippen LogP contribution in [0.5, 0.6) is 0 Å². The number of hydrogen-bond donors (Lipinski definition) is 1. The Labute approximate surface area is 148 Å². The number of anilines is 1. The van der Waals surface area contributed by atoms with Gasteiger partial charge in [-0.15, -0.1) is 0 Å². The van der Waals surface area contributed by atoms with Crippen LogP contribution in [-0.4, -0.2) is 47.1 Å². The Morgan fingerprint density at radius 1 is 1.16 bits per heavy atom. The highest BCUT2D eigenvalue weighted by Crippen LogP contribution is 2.40. The van der Waals surface area contributed by atoms with Crippen LogP contribution in [0, 0.1) is 5.92 Å². The zero-order chi connectivity index (χ0) is 17.4. The highest BCUT2D eigenvalue weighted by molar-refractivity contribution is 5.95. The lowest BCUT2D eigenvalue weighted by Crippen LogP contribution is -2.44. The summed E-state index contributed by atoms with van der Waals surface area (Å²) >= 11 is 0. The summed E-state index contributed by atoms with van der Waals surface area (Å²) in [6, 6.07) is 8.01. The third kappa shape index (κ3) is 3.06. The topological polar surface area (TPSA) is 60.9 Å². The predicted octanol–water partition coefficient (Wildman–Crippen LogP) is 2.68. The fourth-order valence-corrected chi connectivity index (χ4v) is 5.07. The average molecular weight is 342 g/mol. The van der Waals surface area contributed by atoms with Gasteiger partial charge in [0, 0.05) is 31.2 Å². The largest absolute Gasteiger partial charge is 0.480 e. The number of benzene rings is 1. The first-order valence-corrected chi connectivity index (χ1v) is 9.52. The number of fused-ring (bicyclic) bond motifs is 2. The van der Waals surface area contributed by atoms with Crippen molar-refractivity contribution in [1.82, 2.24) is 4.90 Å². The highest BCUT2D eigenvalue weighted by Gasteiger charge is 2.45. The second kappa shape index (κ2) is 6.79. The van der Waals surface area contributed by atoms with Gasteiger partial charge in [-0.25, -0.2) is 0 Å². The standard InChI is InChI=1S/C20H26N2O3/c23-19(22-11-9-14-5-1-3-7-16(14)22)10-12-21-17-8-4-2-6-15(17)13-18(21)20(24)25/h1,3,5,7,15,17-18H,2,4,6,8-13H2,(H,24,25). The molecule has 1 saturated carbocycles. The molecule has 3 unspecified atom stereocenters. The van der Waals surface area contributed by atoms with Gasteiger partial charge in [0.2, 0.25) is 5.91 Å². The van der Waals surface area contributed by atoms with E-state index >= 15 is 0 Å². The van der Waals surface area contributed by atoms with E-state index in [2.05, 4.69) is 11.0 Å². The van der Waals surface area contributed by atoms with E-state index in [1.807, 2.05) is 23.1 Å². The first kappa shape index (κ1) is 16.6. The van der Waals surface area contributed by atoms with E-state index in [9.17, 15) is 14.7 Å². The SMILES string of the molecule is O=C(O)C1CC2CCCCC2N1CCC(=O)N1CCc2ccccc21. The van der Waals surface area contributed by atoms with Gasteiger partial charge >= 0.3 is 5.97 Å². The number of carboxylic acid groups (broad SMARTS) is 1. The van der Waals surface area contributed by atoms with Crippen molar-refractivity contribution >= 4 is 17.6 Å². The van der Waals surface area contributed by atoms with Gasteiger partial charge in [-0.05, 0) is 43.2 Å². The minimum absolute atomic E-state index is 0.119. The Bertz CT molecular complexity index is 675. The number of carbonyl (C=O) groups excluding carboxylic acids is 1. The Hall–Kier alpha value is -1.88. The maximum atomic E-state index is 12.8. The number of aliphatic carboxylic acids is 1. The van der Waals surface area contributed by atoms with Crippen LogP contribution in [0.3, 0.4) is 0 Å². The number of amides is 1.